The quantitative estimate of drug-likeness (QED) is 0.823. The van der Waals surface area contributed by atoms with Crippen molar-refractivity contribution in [2.24, 2.45) is 0 Å². The van der Waals surface area contributed by atoms with Crippen LogP contribution in [0.3, 0.4) is 0 Å². The smallest absolute Gasteiger partial charge is 0.170 e. The van der Waals surface area contributed by atoms with Gasteiger partial charge in [-0.05, 0) is 50.7 Å². The van der Waals surface area contributed by atoms with Crippen LogP contribution in [0.1, 0.15) is 19.4 Å². The SMILES string of the molecule is Cc1ccc(NC(=S)NCC(C)(C)N2CCOCC2)cc1Cl. The number of aryl methyl sites for hydroxylation is 1. The lowest BCUT2D eigenvalue weighted by Gasteiger charge is -2.41. The number of ether oxygens (including phenoxy) is 1. The number of hydrogen-bond acceptors (Lipinski definition) is 3. The predicted octanol–water partition coefficient (Wildman–Crippen LogP) is 3.05. The fourth-order valence-electron chi connectivity index (χ4n) is 2.42. The Labute approximate surface area is 143 Å². The summed E-state index contributed by atoms with van der Waals surface area (Å²) in [6.45, 7) is 10.7. The fourth-order valence-corrected chi connectivity index (χ4v) is 2.79. The third-order valence-electron chi connectivity index (χ3n) is 3.98. The summed E-state index contributed by atoms with van der Waals surface area (Å²) in [7, 11) is 0. The number of rotatable bonds is 4. The van der Waals surface area contributed by atoms with Crippen molar-refractivity contribution < 1.29 is 4.74 Å². The van der Waals surface area contributed by atoms with Gasteiger partial charge in [-0.2, -0.15) is 0 Å². The molecule has 0 aliphatic carbocycles. The molecule has 0 aromatic heterocycles. The zero-order valence-corrected chi connectivity index (χ0v) is 15.0. The van der Waals surface area contributed by atoms with Gasteiger partial charge < -0.3 is 15.4 Å². The highest BCUT2D eigenvalue weighted by molar-refractivity contribution is 7.80. The average molecular weight is 342 g/mol. The van der Waals surface area contributed by atoms with E-state index in [1.54, 1.807) is 0 Å². The number of halogens is 1. The molecule has 0 atom stereocenters. The summed E-state index contributed by atoms with van der Waals surface area (Å²) in [5, 5.41) is 7.83. The number of nitrogens with one attached hydrogen (secondary N) is 2. The van der Waals surface area contributed by atoms with Gasteiger partial charge >= 0.3 is 0 Å². The second-order valence-electron chi connectivity index (χ2n) is 6.18. The van der Waals surface area contributed by atoms with Crippen LogP contribution in [0, 0.1) is 6.92 Å². The number of nitrogens with zero attached hydrogens (tertiary/aromatic N) is 1. The molecular weight excluding hydrogens is 318 g/mol. The molecule has 1 aliphatic heterocycles. The standard InChI is InChI=1S/C16H24ClN3OS/c1-12-4-5-13(10-14(12)17)19-15(22)18-11-16(2,3)20-6-8-21-9-7-20/h4-5,10H,6-9,11H2,1-3H3,(H2,18,19,22). The maximum atomic E-state index is 6.13. The summed E-state index contributed by atoms with van der Waals surface area (Å²) in [6.07, 6.45) is 0. The van der Waals surface area contributed by atoms with Crippen LogP contribution >= 0.6 is 23.8 Å². The summed E-state index contributed by atoms with van der Waals surface area (Å²) < 4.78 is 5.41. The summed E-state index contributed by atoms with van der Waals surface area (Å²) in [5.41, 5.74) is 1.98. The second-order valence-corrected chi connectivity index (χ2v) is 7.00. The lowest BCUT2D eigenvalue weighted by Crippen LogP contribution is -2.55. The molecule has 2 N–H and O–H groups in total. The highest BCUT2D eigenvalue weighted by Crippen LogP contribution is 2.20. The van der Waals surface area contributed by atoms with Gasteiger partial charge in [0.05, 0.1) is 13.2 Å². The van der Waals surface area contributed by atoms with Crippen molar-refractivity contribution in [1.29, 1.82) is 0 Å². The van der Waals surface area contributed by atoms with E-state index in [2.05, 4.69) is 29.4 Å². The Morgan fingerprint density at radius 1 is 1.36 bits per heavy atom. The number of hydrogen-bond donors (Lipinski definition) is 2. The van der Waals surface area contributed by atoms with Gasteiger partial charge in [0, 0.05) is 35.9 Å². The first-order valence-corrected chi connectivity index (χ1v) is 8.31. The van der Waals surface area contributed by atoms with E-state index in [0.29, 0.717) is 5.11 Å². The molecule has 4 nitrogen and oxygen atoms in total. The van der Waals surface area contributed by atoms with Crippen LogP contribution in [0.15, 0.2) is 18.2 Å². The van der Waals surface area contributed by atoms with Crippen molar-refractivity contribution >= 4 is 34.6 Å². The van der Waals surface area contributed by atoms with Crippen LogP contribution in [-0.4, -0.2) is 48.4 Å². The number of benzene rings is 1. The topological polar surface area (TPSA) is 36.5 Å². The number of anilines is 1. The first kappa shape index (κ1) is 17.5. The van der Waals surface area contributed by atoms with Crippen LogP contribution < -0.4 is 10.6 Å². The molecule has 0 bridgehead atoms. The molecule has 0 amide bonds. The van der Waals surface area contributed by atoms with Crippen LogP contribution in [-0.2, 0) is 4.74 Å². The predicted molar refractivity (Wildman–Crippen MR) is 96.9 cm³/mol. The lowest BCUT2D eigenvalue weighted by molar-refractivity contribution is -0.00823. The summed E-state index contributed by atoms with van der Waals surface area (Å²) >= 11 is 11.5. The van der Waals surface area contributed by atoms with Crippen LogP contribution in [0.5, 0.6) is 0 Å². The van der Waals surface area contributed by atoms with Crippen LogP contribution in [0.25, 0.3) is 0 Å². The molecule has 2 rings (SSSR count). The molecule has 1 aromatic carbocycles. The molecule has 0 spiro atoms. The molecule has 22 heavy (non-hydrogen) atoms. The van der Waals surface area contributed by atoms with Gasteiger partial charge in [-0.3, -0.25) is 4.90 Å². The van der Waals surface area contributed by atoms with Gasteiger partial charge in [0.2, 0.25) is 0 Å². The molecule has 1 fully saturated rings. The van der Waals surface area contributed by atoms with Crippen molar-refractivity contribution in [3.8, 4) is 0 Å². The molecule has 1 aliphatic rings. The highest BCUT2D eigenvalue weighted by atomic mass is 35.5. The fraction of sp³-hybridized carbons (Fsp3) is 0.562. The molecule has 1 heterocycles. The Bertz CT molecular complexity index is 530. The third-order valence-corrected chi connectivity index (χ3v) is 4.63. The minimum atomic E-state index is 0.0282. The summed E-state index contributed by atoms with van der Waals surface area (Å²) in [4.78, 5) is 2.43. The van der Waals surface area contributed by atoms with E-state index in [-0.39, 0.29) is 5.54 Å². The van der Waals surface area contributed by atoms with Gasteiger partial charge in [-0.1, -0.05) is 17.7 Å². The first-order valence-electron chi connectivity index (χ1n) is 7.52. The molecule has 0 saturated carbocycles. The highest BCUT2D eigenvalue weighted by Gasteiger charge is 2.28. The molecular formula is C16H24ClN3OS. The van der Waals surface area contributed by atoms with E-state index in [4.69, 9.17) is 28.6 Å². The zero-order valence-electron chi connectivity index (χ0n) is 13.4. The molecule has 1 saturated heterocycles. The van der Waals surface area contributed by atoms with Crippen molar-refractivity contribution in [3.63, 3.8) is 0 Å². The zero-order chi connectivity index (χ0) is 16.2. The van der Waals surface area contributed by atoms with Gasteiger partial charge in [0.1, 0.15) is 0 Å². The van der Waals surface area contributed by atoms with E-state index in [0.717, 1.165) is 49.1 Å². The maximum Gasteiger partial charge on any atom is 0.170 e. The van der Waals surface area contributed by atoms with Crippen molar-refractivity contribution in [2.45, 2.75) is 26.3 Å². The van der Waals surface area contributed by atoms with Gasteiger partial charge in [0.15, 0.2) is 5.11 Å². The largest absolute Gasteiger partial charge is 0.379 e. The van der Waals surface area contributed by atoms with E-state index in [1.807, 2.05) is 25.1 Å². The van der Waals surface area contributed by atoms with E-state index < -0.39 is 0 Å². The Balaban J connectivity index is 1.84. The van der Waals surface area contributed by atoms with Crippen molar-refractivity contribution in [2.75, 3.05) is 38.2 Å². The number of morpholine rings is 1. The lowest BCUT2D eigenvalue weighted by atomic mass is 10.0. The van der Waals surface area contributed by atoms with Crippen molar-refractivity contribution in [3.05, 3.63) is 28.8 Å². The van der Waals surface area contributed by atoms with Crippen LogP contribution in [0.4, 0.5) is 5.69 Å². The van der Waals surface area contributed by atoms with Gasteiger partial charge in [-0.25, -0.2) is 0 Å². The minimum Gasteiger partial charge on any atom is -0.379 e. The van der Waals surface area contributed by atoms with Gasteiger partial charge in [-0.15, -0.1) is 0 Å². The van der Waals surface area contributed by atoms with E-state index in [1.165, 1.54) is 0 Å². The van der Waals surface area contributed by atoms with E-state index >= 15 is 0 Å². The number of thiocarbonyl (C=S) groups is 1. The Kier molecular flexibility index (Phi) is 6.03. The van der Waals surface area contributed by atoms with Crippen molar-refractivity contribution in [1.82, 2.24) is 10.2 Å². The Morgan fingerprint density at radius 3 is 2.68 bits per heavy atom. The normalized spacial score (nSPS) is 16.4. The maximum absolute atomic E-state index is 6.13. The van der Waals surface area contributed by atoms with Gasteiger partial charge in [0.25, 0.3) is 0 Å². The van der Waals surface area contributed by atoms with E-state index in [9.17, 15) is 0 Å². The Morgan fingerprint density at radius 2 is 2.05 bits per heavy atom. The molecule has 6 heteroatoms. The molecule has 0 radical (unpaired) electrons. The monoisotopic (exact) mass is 341 g/mol. The third kappa shape index (κ3) is 4.81. The average Bonchev–Trinajstić information content (AvgIpc) is 2.50. The van der Waals surface area contributed by atoms with Crippen LogP contribution in [0.2, 0.25) is 5.02 Å². The first-order chi connectivity index (χ1) is 10.4. The Hall–Kier alpha value is -0.880. The summed E-state index contributed by atoms with van der Waals surface area (Å²) in [5.74, 6) is 0. The minimum absolute atomic E-state index is 0.0282. The second kappa shape index (κ2) is 7.59. The molecule has 1 aromatic rings. The molecule has 0 unspecified atom stereocenters. The summed E-state index contributed by atoms with van der Waals surface area (Å²) in [6, 6.07) is 5.84. The molecule has 122 valence electrons.